The normalized spacial score (nSPS) is 11.8. The molecule has 0 aliphatic carbocycles. The molecular weight excluding hydrogens is 558 g/mol. The summed E-state index contributed by atoms with van der Waals surface area (Å²) in [6.45, 7) is 5.66. The molecule has 0 aliphatic rings. The minimum Gasteiger partial charge on any atom is -0.370 e. The van der Waals surface area contributed by atoms with Crippen LogP contribution in [0.15, 0.2) is 4.99 Å². The van der Waals surface area contributed by atoms with Crippen LogP contribution in [0.2, 0.25) is 0 Å². The molecule has 45 heavy (non-hydrogen) atoms. The van der Waals surface area contributed by atoms with E-state index in [-0.39, 0.29) is 17.8 Å². The van der Waals surface area contributed by atoms with Crippen LogP contribution >= 0.6 is 0 Å². The van der Waals surface area contributed by atoms with E-state index in [1.54, 1.807) is 0 Å². The first-order valence-corrected chi connectivity index (χ1v) is 19.6. The number of guanidine groups is 1. The van der Waals surface area contributed by atoms with Gasteiger partial charge in [0.05, 0.1) is 0 Å². The molecule has 6 N–H and O–H groups in total. The lowest BCUT2D eigenvalue weighted by atomic mass is 10.0. The van der Waals surface area contributed by atoms with E-state index in [4.69, 9.17) is 11.5 Å². The van der Waals surface area contributed by atoms with Crippen molar-refractivity contribution in [2.75, 3.05) is 13.1 Å². The maximum Gasteiger partial charge on any atom is 0.242 e. The number of nitrogens with two attached hydrogens (primary N) is 2. The van der Waals surface area contributed by atoms with Gasteiger partial charge in [-0.25, -0.2) is 0 Å². The molecule has 0 spiro atoms. The van der Waals surface area contributed by atoms with Crippen LogP contribution in [0.1, 0.15) is 206 Å². The lowest BCUT2D eigenvalue weighted by molar-refractivity contribution is -0.129. The molecule has 1 atom stereocenters. The van der Waals surface area contributed by atoms with Crippen molar-refractivity contribution >= 4 is 17.8 Å². The summed E-state index contributed by atoms with van der Waals surface area (Å²) >= 11 is 0. The predicted octanol–water partition coefficient (Wildman–Crippen LogP) is 9.60. The summed E-state index contributed by atoms with van der Waals surface area (Å²) < 4.78 is 0. The highest BCUT2D eigenvalue weighted by molar-refractivity contribution is 5.87. The Bertz CT molecular complexity index is 681. The monoisotopic (exact) mass is 636 g/mol. The standard InChI is InChI=1S/C38H77N5O2/c1-3-5-7-9-11-13-15-17-19-21-23-25-27-29-33-41-37(45)35(31-30-34-42-38(39)40)43-36(44)32-28-26-24-22-20-18-16-14-12-10-8-6-4-2/h35H,3-34H2,1-2H3,(H,41,45)(H,43,44)(H4,39,40,42)/t35-/m0/s1. The third kappa shape index (κ3) is 33.4. The topological polar surface area (TPSA) is 123 Å². The number of nitrogens with zero attached hydrogens (tertiary/aromatic N) is 1. The number of aliphatic imine (C=N–C) groups is 1. The Balaban J connectivity index is 4.00. The van der Waals surface area contributed by atoms with Crippen molar-refractivity contribution in [3.8, 4) is 0 Å². The Hall–Kier alpha value is -1.79. The van der Waals surface area contributed by atoms with Gasteiger partial charge in [0.25, 0.3) is 0 Å². The second kappa shape index (κ2) is 35.1. The predicted molar refractivity (Wildman–Crippen MR) is 195 cm³/mol. The molecule has 0 aromatic heterocycles. The number of amides is 2. The lowest BCUT2D eigenvalue weighted by Crippen LogP contribution is -2.47. The quantitative estimate of drug-likeness (QED) is 0.0314. The second-order valence-corrected chi connectivity index (χ2v) is 13.4. The molecular formula is C38H77N5O2. The fraction of sp³-hybridized carbons (Fsp3) is 0.921. The summed E-state index contributed by atoms with van der Waals surface area (Å²) in [6.07, 6.45) is 36.7. The summed E-state index contributed by atoms with van der Waals surface area (Å²) in [5, 5.41) is 6.05. The van der Waals surface area contributed by atoms with Crippen LogP contribution in [0.4, 0.5) is 0 Å². The van der Waals surface area contributed by atoms with Crippen molar-refractivity contribution < 1.29 is 9.59 Å². The van der Waals surface area contributed by atoms with Gasteiger partial charge in [-0.3, -0.25) is 14.6 Å². The van der Waals surface area contributed by atoms with Gasteiger partial charge >= 0.3 is 0 Å². The summed E-state index contributed by atoms with van der Waals surface area (Å²) in [5.74, 6) is -0.0649. The number of carbonyl (C=O) groups is 2. The molecule has 7 nitrogen and oxygen atoms in total. The van der Waals surface area contributed by atoms with Gasteiger partial charge in [0, 0.05) is 19.5 Å². The van der Waals surface area contributed by atoms with Crippen molar-refractivity contribution in [1.82, 2.24) is 10.6 Å². The number of nitrogens with one attached hydrogen (secondary N) is 2. The molecule has 0 bridgehead atoms. The summed E-state index contributed by atoms with van der Waals surface area (Å²) in [5.41, 5.74) is 10.9. The van der Waals surface area contributed by atoms with Crippen molar-refractivity contribution in [2.24, 2.45) is 16.5 Å². The van der Waals surface area contributed by atoms with Gasteiger partial charge in [-0.1, -0.05) is 174 Å². The summed E-state index contributed by atoms with van der Waals surface area (Å²) in [4.78, 5) is 29.6. The maximum absolute atomic E-state index is 12.9. The van der Waals surface area contributed by atoms with Gasteiger partial charge < -0.3 is 22.1 Å². The van der Waals surface area contributed by atoms with Crippen LogP contribution in [0.25, 0.3) is 0 Å². The Morgan fingerprint density at radius 2 is 0.911 bits per heavy atom. The van der Waals surface area contributed by atoms with Gasteiger partial charge in [0.2, 0.25) is 11.8 Å². The van der Waals surface area contributed by atoms with Crippen molar-refractivity contribution in [3.63, 3.8) is 0 Å². The van der Waals surface area contributed by atoms with E-state index < -0.39 is 6.04 Å². The SMILES string of the molecule is CCCCCCCCCCCCCCCCNC(=O)[C@H](CCCN=C(N)N)NC(=O)CCCCCCCCCCCCCCC. The first-order valence-electron chi connectivity index (χ1n) is 19.6. The Morgan fingerprint density at radius 1 is 0.533 bits per heavy atom. The lowest BCUT2D eigenvalue weighted by Gasteiger charge is -2.18. The third-order valence-corrected chi connectivity index (χ3v) is 8.93. The number of unbranched alkanes of at least 4 members (excludes halogenated alkanes) is 25. The van der Waals surface area contributed by atoms with E-state index >= 15 is 0 Å². The maximum atomic E-state index is 12.9. The number of hydrogen-bond acceptors (Lipinski definition) is 3. The van der Waals surface area contributed by atoms with Crippen LogP contribution in [0.5, 0.6) is 0 Å². The zero-order chi connectivity index (χ0) is 33.1. The van der Waals surface area contributed by atoms with Gasteiger partial charge in [-0.2, -0.15) is 0 Å². The zero-order valence-electron chi connectivity index (χ0n) is 30.1. The highest BCUT2D eigenvalue weighted by atomic mass is 16.2. The van der Waals surface area contributed by atoms with Crippen LogP contribution in [-0.2, 0) is 9.59 Å². The van der Waals surface area contributed by atoms with Crippen LogP contribution in [-0.4, -0.2) is 36.9 Å². The van der Waals surface area contributed by atoms with Gasteiger partial charge in [-0.05, 0) is 25.7 Å². The van der Waals surface area contributed by atoms with E-state index in [1.165, 1.54) is 148 Å². The molecule has 0 radical (unpaired) electrons. The molecule has 7 heteroatoms. The first kappa shape index (κ1) is 43.2. The molecule has 0 saturated carbocycles. The van der Waals surface area contributed by atoms with Crippen LogP contribution in [0.3, 0.4) is 0 Å². The van der Waals surface area contributed by atoms with Crippen LogP contribution < -0.4 is 22.1 Å². The van der Waals surface area contributed by atoms with Crippen molar-refractivity contribution in [1.29, 1.82) is 0 Å². The largest absolute Gasteiger partial charge is 0.370 e. The highest BCUT2D eigenvalue weighted by Crippen LogP contribution is 2.14. The molecule has 0 aliphatic heterocycles. The summed E-state index contributed by atoms with van der Waals surface area (Å²) in [6, 6.07) is -0.527. The van der Waals surface area contributed by atoms with Gasteiger partial charge in [0.15, 0.2) is 5.96 Å². The number of hydrogen-bond donors (Lipinski definition) is 4. The van der Waals surface area contributed by atoms with E-state index in [0.29, 0.717) is 32.4 Å². The smallest absolute Gasteiger partial charge is 0.242 e. The molecule has 266 valence electrons. The first-order chi connectivity index (χ1) is 22.0. The third-order valence-electron chi connectivity index (χ3n) is 8.93. The molecule has 0 rings (SSSR count). The van der Waals surface area contributed by atoms with E-state index in [9.17, 15) is 9.59 Å². The fourth-order valence-electron chi connectivity index (χ4n) is 6.00. The average molecular weight is 636 g/mol. The Morgan fingerprint density at radius 3 is 1.31 bits per heavy atom. The molecule has 2 amide bonds. The van der Waals surface area contributed by atoms with Gasteiger partial charge in [-0.15, -0.1) is 0 Å². The minimum absolute atomic E-state index is 0.0310. The van der Waals surface area contributed by atoms with Gasteiger partial charge in [0.1, 0.15) is 6.04 Å². The Labute approximate surface area is 279 Å². The second-order valence-electron chi connectivity index (χ2n) is 13.4. The number of carbonyl (C=O) groups excluding carboxylic acids is 2. The van der Waals surface area contributed by atoms with Crippen LogP contribution in [0, 0.1) is 0 Å². The Kier molecular flexibility index (Phi) is 33.7. The molecule has 0 heterocycles. The molecule has 0 fully saturated rings. The van der Waals surface area contributed by atoms with E-state index in [2.05, 4.69) is 29.5 Å². The molecule has 0 unspecified atom stereocenters. The molecule has 0 aromatic carbocycles. The fourth-order valence-corrected chi connectivity index (χ4v) is 6.00. The average Bonchev–Trinajstić information content (AvgIpc) is 3.02. The van der Waals surface area contributed by atoms with E-state index in [1.807, 2.05) is 0 Å². The van der Waals surface area contributed by atoms with E-state index in [0.717, 1.165) is 25.7 Å². The molecule has 0 aromatic rings. The summed E-state index contributed by atoms with van der Waals surface area (Å²) in [7, 11) is 0. The van der Waals surface area contributed by atoms with Crippen molar-refractivity contribution in [2.45, 2.75) is 213 Å². The number of rotatable bonds is 35. The highest BCUT2D eigenvalue weighted by Gasteiger charge is 2.19. The van der Waals surface area contributed by atoms with Crippen molar-refractivity contribution in [3.05, 3.63) is 0 Å². The minimum atomic E-state index is -0.527. The zero-order valence-corrected chi connectivity index (χ0v) is 30.1. The molecule has 0 saturated heterocycles.